The molecule has 0 heterocycles. The average Bonchev–Trinajstić information content (AvgIpc) is 2.44. The summed E-state index contributed by atoms with van der Waals surface area (Å²) in [4.78, 5) is 12.2. The number of carbonyl (C=O) groups excluding carboxylic acids is 1. The van der Waals surface area contributed by atoms with Gasteiger partial charge in [-0.05, 0) is 37.3 Å². The predicted molar refractivity (Wildman–Crippen MR) is 81.4 cm³/mol. The molecule has 2 aromatic carbocycles. The Bertz CT molecular complexity index is 629. The van der Waals surface area contributed by atoms with Crippen LogP contribution in [0.3, 0.4) is 0 Å². The molecule has 0 bridgehead atoms. The maximum absolute atomic E-state index is 12.2. The first kappa shape index (κ1) is 14.2. The zero-order valence-corrected chi connectivity index (χ0v) is 11.8. The number of halogens is 1. The minimum atomic E-state index is -0.265. The Kier molecular flexibility index (Phi) is 4.48. The zero-order chi connectivity index (χ0) is 14.5. The fourth-order valence-electron chi connectivity index (χ4n) is 1.71. The molecule has 0 aromatic heterocycles. The number of hydrogen-bond acceptors (Lipinski definition) is 3. The molecule has 3 N–H and O–H groups in total. The summed E-state index contributed by atoms with van der Waals surface area (Å²) in [6.07, 6.45) is 0. The molecule has 0 saturated heterocycles. The maximum Gasteiger partial charge on any atom is 0.255 e. The first-order valence-corrected chi connectivity index (χ1v) is 6.58. The molecule has 0 spiro atoms. The van der Waals surface area contributed by atoms with Crippen LogP contribution in [0.25, 0.3) is 0 Å². The molecule has 4 nitrogen and oxygen atoms in total. The summed E-state index contributed by atoms with van der Waals surface area (Å²) >= 11 is 5.91. The summed E-state index contributed by atoms with van der Waals surface area (Å²) in [5.41, 5.74) is 7.12. The Hall–Kier alpha value is -2.20. The number of nitrogen functional groups attached to an aromatic ring is 1. The van der Waals surface area contributed by atoms with Crippen molar-refractivity contribution in [1.29, 1.82) is 0 Å². The average molecular weight is 291 g/mol. The van der Waals surface area contributed by atoms with E-state index in [0.717, 1.165) is 0 Å². The summed E-state index contributed by atoms with van der Waals surface area (Å²) in [7, 11) is 0. The number of amides is 1. The van der Waals surface area contributed by atoms with Gasteiger partial charge in [-0.1, -0.05) is 23.7 Å². The molecule has 5 heteroatoms. The first-order chi connectivity index (χ1) is 9.61. The topological polar surface area (TPSA) is 64.3 Å². The fraction of sp³-hybridized carbons (Fsp3) is 0.133. The van der Waals surface area contributed by atoms with Gasteiger partial charge in [0, 0.05) is 5.56 Å². The summed E-state index contributed by atoms with van der Waals surface area (Å²) in [5, 5.41) is 3.15. The van der Waals surface area contributed by atoms with E-state index >= 15 is 0 Å². The Labute approximate surface area is 122 Å². The van der Waals surface area contributed by atoms with E-state index in [0.29, 0.717) is 34.3 Å². The van der Waals surface area contributed by atoms with E-state index in [1.54, 1.807) is 24.3 Å². The van der Waals surface area contributed by atoms with Crippen molar-refractivity contribution in [3.8, 4) is 5.75 Å². The Morgan fingerprint density at radius 1 is 1.30 bits per heavy atom. The molecule has 0 atom stereocenters. The van der Waals surface area contributed by atoms with Gasteiger partial charge in [0.25, 0.3) is 5.91 Å². The number of benzene rings is 2. The van der Waals surface area contributed by atoms with Crippen LogP contribution in [0.1, 0.15) is 17.3 Å². The minimum absolute atomic E-state index is 0.265. The number of ether oxygens (including phenoxy) is 1. The second-order valence-corrected chi connectivity index (χ2v) is 4.53. The number of carbonyl (C=O) groups is 1. The van der Waals surface area contributed by atoms with Crippen LogP contribution in [0, 0.1) is 0 Å². The summed E-state index contributed by atoms with van der Waals surface area (Å²) in [5.74, 6) is 0.365. The molecule has 1 amide bonds. The normalized spacial score (nSPS) is 10.1. The van der Waals surface area contributed by atoms with Crippen LogP contribution >= 0.6 is 11.6 Å². The fourth-order valence-corrected chi connectivity index (χ4v) is 1.89. The Morgan fingerprint density at radius 2 is 2.05 bits per heavy atom. The number of anilines is 2. The second-order valence-electron chi connectivity index (χ2n) is 4.12. The van der Waals surface area contributed by atoms with Crippen LogP contribution in [0.4, 0.5) is 11.4 Å². The van der Waals surface area contributed by atoms with Crippen molar-refractivity contribution in [2.45, 2.75) is 6.92 Å². The number of para-hydroxylation sites is 2. The van der Waals surface area contributed by atoms with E-state index in [2.05, 4.69) is 5.32 Å². The van der Waals surface area contributed by atoms with Gasteiger partial charge < -0.3 is 15.8 Å². The molecule has 0 fully saturated rings. The molecule has 0 aliphatic heterocycles. The van der Waals surface area contributed by atoms with E-state index in [1.807, 2.05) is 19.1 Å². The van der Waals surface area contributed by atoms with Crippen LogP contribution in [0.15, 0.2) is 42.5 Å². The highest BCUT2D eigenvalue weighted by atomic mass is 35.5. The molecule has 2 rings (SSSR count). The molecule has 0 unspecified atom stereocenters. The lowest BCUT2D eigenvalue weighted by atomic mass is 10.2. The molecule has 0 saturated carbocycles. The van der Waals surface area contributed by atoms with Crippen molar-refractivity contribution >= 4 is 28.9 Å². The minimum Gasteiger partial charge on any atom is -0.492 e. The quantitative estimate of drug-likeness (QED) is 0.846. The van der Waals surface area contributed by atoms with Crippen LogP contribution in [0.5, 0.6) is 5.75 Å². The zero-order valence-electron chi connectivity index (χ0n) is 11.0. The van der Waals surface area contributed by atoms with Crippen molar-refractivity contribution in [1.82, 2.24) is 0 Å². The van der Waals surface area contributed by atoms with Crippen molar-refractivity contribution < 1.29 is 9.53 Å². The lowest BCUT2D eigenvalue weighted by Crippen LogP contribution is -2.13. The van der Waals surface area contributed by atoms with Gasteiger partial charge >= 0.3 is 0 Å². The van der Waals surface area contributed by atoms with E-state index in [1.165, 1.54) is 6.07 Å². The highest BCUT2D eigenvalue weighted by Gasteiger charge is 2.10. The van der Waals surface area contributed by atoms with Gasteiger partial charge in [-0.2, -0.15) is 0 Å². The highest BCUT2D eigenvalue weighted by molar-refractivity contribution is 6.33. The van der Waals surface area contributed by atoms with Crippen molar-refractivity contribution in [3.05, 3.63) is 53.1 Å². The third-order valence-electron chi connectivity index (χ3n) is 2.70. The number of nitrogens with one attached hydrogen (secondary N) is 1. The molecule has 104 valence electrons. The molecule has 0 aliphatic carbocycles. The van der Waals surface area contributed by atoms with E-state index in [-0.39, 0.29) is 5.91 Å². The Morgan fingerprint density at radius 3 is 2.75 bits per heavy atom. The molecule has 20 heavy (non-hydrogen) atoms. The first-order valence-electron chi connectivity index (χ1n) is 6.20. The van der Waals surface area contributed by atoms with Crippen molar-refractivity contribution in [2.24, 2.45) is 0 Å². The SMILES string of the molecule is CCOc1ccccc1NC(=O)c1ccc(N)c(Cl)c1. The lowest BCUT2D eigenvalue weighted by Gasteiger charge is -2.11. The molecular formula is C15H15ClN2O2. The maximum atomic E-state index is 12.2. The van der Waals surface area contributed by atoms with Gasteiger partial charge in [0.1, 0.15) is 5.75 Å². The van der Waals surface area contributed by atoms with E-state index in [4.69, 9.17) is 22.1 Å². The Balaban J connectivity index is 2.21. The number of hydrogen-bond donors (Lipinski definition) is 2. The molecular weight excluding hydrogens is 276 g/mol. The van der Waals surface area contributed by atoms with E-state index in [9.17, 15) is 4.79 Å². The summed E-state index contributed by atoms with van der Waals surface area (Å²) < 4.78 is 5.46. The third kappa shape index (κ3) is 3.22. The van der Waals surface area contributed by atoms with Crippen molar-refractivity contribution in [2.75, 3.05) is 17.7 Å². The molecule has 0 aliphatic rings. The largest absolute Gasteiger partial charge is 0.492 e. The highest BCUT2D eigenvalue weighted by Crippen LogP contribution is 2.25. The standard InChI is InChI=1S/C15H15ClN2O2/c1-2-20-14-6-4-3-5-13(14)18-15(19)10-7-8-12(17)11(16)9-10/h3-9H,2,17H2,1H3,(H,18,19). The van der Waals surface area contributed by atoms with Gasteiger partial charge in [-0.3, -0.25) is 4.79 Å². The van der Waals surface area contributed by atoms with Gasteiger partial charge in [0.15, 0.2) is 0 Å². The molecule has 2 aromatic rings. The van der Waals surface area contributed by atoms with E-state index < -0.39 is 0 Å². The van der Waals surface area contributed by atoms with Gasteiger partial charge in [-0.15, -0.1) is 0 Å². The number of rotatable bonds is 4. The van der Waals surface area contributed by atoms with Gasteiger partial charge in [-0.25, -0.2) is 0 Å². The summed E-state index contributed by atoms with van der Waals surface area (Å²) in [6, 6.07) is 12.0. The smallest absolute Gasteiger partial charge is 0.255 e. The predicted octanol–water partition coefficient (Wildman–Crippen LogP) is 3.57. The van der Waals surface area contributed by atoms with Crippen LogP contribution in [-0.4, -0.2) is 12.5 Å². The van der Waals surface area contributed by atoms with Crippen LogP contribution < -0.4 is 15.8 Å². The van der Waals surface area contributed by atoms with Crippen molar-refractivity contribution in [3.63, 3.8) is 0 Å². The summed E-state index contributed by atoms with van der Waals surface area (Å²) in [6.45, 7) is 2.42. The molecule has 0 radical (unpaired) electrons. The third-order valence-corrected chi connectivity index (χ3v) is 3.03. The van der Waals surface area contributed by atoms with Gasteiger partial charge in [0.2, 0.25) is 0 Å². The van der Waals surface area contributed by atoms with Crippen LogP contribution in [-0.2, 0) is 0 Å². The number of nitrogens with two attached hydrogens (primary N) is 1. The lowest BCUT2D eigenvalue weighted by molar-refractivity contribution is 0.102. The monoisotopic (exact) mass is 290 g/mol. The second kappa shape index (κ2) is 6.30. The van der Waals surface area contributed by atoms with Gasteiger partial charge in [0.05, 0.1) is 23.0 Å². The van der Waals surface area contributed by atoms with Crippen LogP contribution in [0.2, 0.25) is 5.02 Å².